The molecule has 0 fully saturated rings. The molecule has 0 radical (unpaired) electrons. The van der Waals surface area contributed by atoms with E-state index >= 15 is 0 Å². The zero-order chi connectivity index (χ0) is 16.5. The highest BCUT2D eigenvalue weighted by atomic mass is 32.1. The van der Waals surface area contributed by atoms with Crippen LogP contribution in [0.4, 0.5) is 4.39 Å². The summed E-state index contributed by atoms with van der Waals surface area (Å²) >= 11 is 1.72. The van der Waals surface area contributed by atoms with Gasteiger partial charge in [0.05, 0.1) is 18.2 Å². The van der Waals surface area contributed by atoms with Crippen molar-refractivity contribution >= 4 is 17.3 Å². The number of nitrogens with zero attached hydrogens (tertiary/aromatic N) is 2. The first-order valence-corrected chi connectivity index (χ1v) is 8.34. The van der Waals surface area contributed by atoms with Crippen molar-refractivity contribution in [3.05, 3.63) is 57.5 Å². The quantitative estimate of drug-likeness (QED) is 0.632. The van der Waals surface area contributed by atoms with E-state index < -0.39 is 0 Å². The monoisotopic (exact) mass is 330 g/mol. The third kappa shape index (κ3) is 5.38. The molecule has 120 valence electrons. The largest absolute Gasteiger partial charge is 0.357 e. The SMILES string of the molecule is CCNC(=NCc1cc(C#N)ccc1F)NCCc1cccs1. The molecule has 2 N–H and O–H groups in total. The average molecular weight is 330 g/mol. The molecule has 2 rings (SSSR count). The average Bonchev–Trinajstić information content (AvgIpc) is 3.07. The van der Waals surface area contributed by atoms with Crippen molar-refractivity contribution in [2.24, 2.45) is 4.99 Å². The maximum absolute atomic E-state index is 13.8. The summed E-state index contributed by atoms with van der Waals surface area (Å²) in [5, 5.41) is 17.3. The second-order valence-corrected chi connectivity index (χ2v) is 5.90. The minimum absolute atomic E-state index is 0.190. The molecule has 6 heteroatoms. The van der Waals surface area contributed by atoms with Gasteiger partial charge in [-0.2, -0.15) is 5.26 Å². The van der Waals surface area contributed by atoms with Crippen LogP contribution in [0.25, 0.3) is 0 Å². The second-order valence-electron chi connectivity index (χ2n) is 4.87. The summed E-state index contributed by atoms with van der Waals surface area (Å²) in [5.41, 5.74) is 0.853. The van der Waals surface area contributed by atoms with E-state index in [-0.39, 0.29) is 12.4 Å². The van der Waals surface area contributed by atoms with Gasteiger partial charge in [-0.15, -0.1) is 11.3 Å². The maximum Gasteiger partial charge on any atom is 0.191 e. The maximum atomic E-state index is 13.8. The van der Waals surface area contributed by atoms with Gasteiger partial charge in [0.1, 0.15) is 5.82 Å². The standard InChI is InChI=1S/C17H19FN4S/c1-2-20-17(21-8-7-15-4-3-9-23-15)22-12-14-10-13(11-19)5-6-16(14)18/h3-6,9-10H,2,7-8,12H2,1H3,(H2,20,21,22). The molecule has 0 saturated heterocycles. The summed E-state index contributed by atoms with van der Waals surface area (Å²) in [4.78, 5) is 5.69. The first kappa shape index (κ1) is 17.0. The van der Waals surface area contributed by atoms with Gasteiger partial charge in [0.25, 0.3) is 0 Å². The van der Waals surface area contributed by atoms with Gasteiger partial charge in [-0.3, -0.25) is 0 Å². The molecule has 0 amide bonds. The Hall–Kier alpha value is -2.39. The van der Waals surface area contributed by atoms with Crippen LogP contribution in [0, 0.1) is 17.1 Å². The van der Waals surface area contributed by atoms with Crippen LogP contribution in [0.2, 0.25) is 0 Å². The number of nitriles is 1. The van der Waals surface area contributed by atoms with Crippen LogP contribution in [0.1, 0.15) is 22.9 Å². The van der Waals surface area contributed by atoms with Gasteiger partial charge in [-0.25, -0.2) is 9.38 Å². The fourth-order valence-corrected chi connectivity index (χ4v) is 2.74. The van der Waals surface area contributed by atoms with Gasteiger partial charge >= 0.3 is 0 Å². The van der Waals surface area contributed by atoms with Crippen LogP contribution < -0.4 is 10.6 Å². The summed E-state index contributed by atoms with van der Waals surface area (Å²) in [6, 6.07) is 10.4. The first-order chi connectivity index (χ1) is 11.2. The molecule has 0 bridgehead atoms. The van der Waals surface area contributed by atoms with E-state index in [9.17, 15) is 4.39 Å². The van der Waals surface area contributed by atoms with E-state index in [2.05, 4.69) is 27.1 Å². The Labute approximate surface area is 139 Å². The predicted octanol–water partition coefficient (Wildman–Crippen LogP) is 3.06. The van der Waals surface area contributed by atoms with Gasteiger partial charge in [-0.1, -0.05) is 6.07 Å². The second kappa shape index (κ2) is 8.91. The number of halogens is 1. The van der Waals surface area contributed by atoms with E-state index in [4.69, 9.17) is 5.26 Å². The fraction of sp³-hybridized carbons (Fsp3) is 0.294. The number of hydrogen-bond acceptors (Lipinski definition) is 3. The molecular formula is C17H19FN4S. The van der Waals surface area contributed by atoms with Crippen molar-refractivity contribution < 1.29 is 4.39 Å². The number of rotatable bonds is 6. The minimum Gasteiger partial charge on any atom is -0.357 e. The Morgan fingerprint density at radius 3 is 2.91 bits per heavy atom. The normalized spacial score (nSPS) is 11.1. The summed E-state index contributed by atoms with van der Waals surface area (Å²) in [7, 11) is 0. The lowest BCUT2D eigenvalue weighted by molar-refractivity contribution is 0.610. The zero-order valence-electron chi connectivity index (χ0n) is 13.0. The topological polar surface area (TPSA) is 60.2 Å². The molecule has 0 aliphatic carbocycles. The van der Waals surface area contributed by atoms with Gasteiger partial charge in [0, 0.05) is 23.5 Å². The van der Waals surface area contributed by atoms with Gasteiger partial charge in [-0.05, 0) is 43.0 Å². The molecule has 0 aliphatic rings. The van der Waals surface area contributed by atoms with Crippen LogP contribution >= 0.6 is 11.3 Å². The van der Waals surface area contributed by atoms with Gasteiger partial charge in [0.2, 0.25) is 0 Å². The summed E-state index contributed by atoms with van der Waals surface area (Å²) in [6.45, 7) is 3.65. The molecule has 1 aromatic heterocycles. The number of thiophene rings is 1. The number of benzene rings is 1. The lowest BCUT2D eigenvalue weighted by Gasteiger charge is -2.11. The van der Waals surface area contributed by atoms with Crippen LogP contribution in [0.3, 0.4) is 0 Å². The summed E-state index contributed by atoms with van der Waals surface area (Å²) in [5.74, 6) is 0.299. The number of guanidine groups is 1. The van der Waals surface area contributed by atoms with Gasteiger partial charge < -0.3 is 10.6 Å². The van der Waals surface area contributed by atoms with Crippen molar-refractivity contribution in [2.75, 3.05) is 13.1 Å². The minimum atomic E-state index is -0.345. The number of aliphatic imine (C=N–C) groups is 1. The van der Waals surface area contributed by atoms with E-state index in [0.29, 0.717) is 17.1 Å². The van der Waals surface area contributed by atoms with Crippen molar-refractivity contribution in [2.45, 2.75) is 19.9 Å². The van der Waals surface area contributed by atoms with Crippen LogP contribution in [-0.4, -0.2) is 19.0 Å². The molecule has 0 aliphatic heterocycles. The Kier molecular flexibility index (Phi) is 6.57. The highest BCUT2D eigenvalue weighted by molar-refractivity contribution is 7.09. The first-order valence-electron chi connectivity index (χ1n) is 7.46. The van der Waals surface area contributed by atoms with Crippen molar-refractivity contribution in [3.63, 3.8) is 0 Å². The van der Waals surface area contributed by atoms with E-state index in [0.717, 1.165) is 19.5 Å². The van der Waals surface area contributed by atoms with Gasteiger partial charge in [0.15, 0.2) is 5.96 Å². The molecular weight excluding hydrogens is 311 g/mol. The predicted molar refractivity (Wildman–Crippen MR) is 92.0 cm³/mol. The van der Waals surface area contributed by atoms with Crippen molar-refractivity contribution in [1.82, 2.24) is 10.6 Å². The Morgan fingerprint density at radius 2 is 2.22 bits per heavy atom. The summed E-state index contributed by atoms with van der Waals surface area (Å²) < 4.78 is 13.8. The van der Waals surface area contributed by atoms with Crippen LogP contribution in [-0.2, 0) is 13.0 Å². The van der Waals surface area contributed by atoms with E-state index in [1.807, 2.05) is 19.1 Å². The Balaban J connectivity index is 1.96. The van der Waals surface area contributed by atoms with Crippen LogP contribution in [0.5, 0.6) is 0 Å². The molecule has 4 nitrogen and oxygen atoms in total. The highest BCUT2D eigenvalue weighted by Crippen LogP contribution is 2.11. The van der Waals surface area contributed by atoms with Crippen molar-refractivity contribution in [3.8, 4) is 6.07 Å². The fourth-order valence-electron chi connectivity index (χ4n) is 2.03. The lowest BCUT2D eigenvalue weighted by atomic mass is 10.1. The number of hydrogen-bond donors (Lipinski definition) is 2. The van der Waals surface area contributed by atoms with Crippen LogP contribution in [0.15, 0.2) is 40.7 Å². The number of nitrogens with one attached hydrogen (secondary N) is 2. The Bertz CT molecular complexity index is 689. The van der Waals surface area contributed by atoms with E-state index in [1.165, 1.54) is 23.1 Å². The molecule has 0 unspecified atom stereocenters. The third-order valence-electron chi connectivity index (χ3n) is 3.17. The summed E-state index contributed by atoms with van der Waals surface area (Å²) in [6.07, 6.45) is 0.917. The smallest absolute Gasteiger partial charge is 0.191 e. The van der Waals surface area contributed by atoms with E-state index in [1.54, 1.807) is 11.3 Å². The molecule has 0 atom stereocenters. The molecule has 0 saturated carbocycles. The molecule has 1 heterocycles. The molecule has 1 aromatic carbocycles. The third-order valence-corrected chi connectivity index (χ3v) is 4.11. The highest BCUT2D eigenvalue weighted by Gasteiger charge is 2.04. The Morgan fingerprint density at radius 1 is 1.35 bits per heavy atom. The zero-order valence-corrected chi connectivity index (χ0v) is 13.8. The molecule has 2 aromatic rings. The molecule has 23 heavy (non-hydrogen) atoms. The van der Waals surface area contributed by atoms with Crippen molar-refractivity contribution in [1.29, 1.82) is 5.26 Å². The molecule has 0 spiro atoms. The lowest BCUT2D eigenvalue weighted by Crippen LogP contribution is -2.38.